The summed E-state index contributed by atoms with van der Waals surface area (Å²) in [5, 5.41) is 8.75. The van der Waals surface area contributed by atoms with Crippen molar-refractivity contribution in [3.05, 3.63) is 245 Å². The van der Waals surface area contributed by atoms with Crippen LogP contribution in [0.25, 0.3) is 66.1 Å². The molecule has 0 spiro atoms. The van der Waals surface area contributed by atoms with E-state index in [4.69, 9.17) is 5.73 Å². The number of rotatable bonds is 4. The average molecular weight is 904 g/mol. The van der Waals surface area contributed by atoms with Crippen LogP contribution in [0.2, 0.25) is 0 Å². The first-order chi connectivity index (χ1) is 31.6. The van der Waals surface area contributed by atoms with E-state index in [9.17, 15) is 0 Å². The van der Waals surface area contributed by atoms with E-state index in [1.54, 1.807) is 0 Å². The number of nitrogen functional groups attached to an aromatic ring is 1. The van der Waals surface area contributed by atoms with Crippen molar-refractivity contribution in [2.24, 2.45) is 0 Å². The molecule has 65 heavy (non-hydrogen) atoms. The van der Waals surface area contributed by atoms with Gasteiger partial charge in [0.15, 0.2) is 0 Å². The molecule has 0 heterocycles. The summed E-state index contributed by atoms with van der Waals surface area (Å²) >= 11 is 3.60. The second-order valence-electron chi connectivity index (χ2n) is 18.1. The fourth-order valence-corrected chi connectivity index (χ4v) is 10.6. The SMILES string of the molecule is Brc1cccc2c(-c3ccccc3)cccc12.CC1(C)c2ccccc2-c2cc(N)ccc21.CC1(C)c2ccccc2-c2cc(Nc3cccc4c(-c5ccccc5)cccc34)ccc21. The molecule has 0 atom stereocenters. The predicted molar refractivity (Wildman–Crippen MR) is 282 cm³/mol. The summed E-state index contributed by atoms with van der Waals surface area (Å²) < 4.78 is 1.15. The van der Waals surface area contributed by atoms with Crippen molar-refractivity contribution in [2.45, 2.75) is 38.5 Å². The van der Waals surface area contributed by atoms with E-state index >= 15 is 0 Å². The molecule has 3 heteroatoms. The highest BCUT2D eigenvalue weighted by Crippen LogP contribution is 2.50. The number of nitrogens with two attached hydrogens (primary N) is 1. The van der Waals surface area contributed by atoms with E-state index in [1.807, 2.05) is 12.1 Å². The summed E-state index contributed by atoms with van der Waals surface area (Å²) in [7, 11) is 0. The van der Waals surface area contributed by atoms with Gasteiger partial charge < -0.3 is 11.1 Å². The zero-order chi connectivity index (χ0) is 44.7. The molecule has 0 aliphatic heterocycles. The molecule has 10 aromatic carbocycles. The summed E-state index contributed by atoms with van der Waals surface area (Å²) in [5.74, 6) is 0. The molecule has 2 nitrogen and oxygen atoms in total. The van der Waals surface area contributed by atoms with Crippen molar-refractivity contribution in [1.82, 2.24) is 0 Å². The lowest BCUT2D eigenvalue weighted by molar-refractivity contribution is 0.660. The number of nitrogens with one attached hydrogen (secondary N) is 1. The quantitative estimate of drug-likeness (QED) is 0.173. The van der Waals surface area contributed by atoms with Crippen LogP contribution in [-0.2, 0) is 10.8 Å². The zero-order valence-corrected chi connectivity index (χ0v) is 38.8. The fraction of sp³-hybridized carbons (Fsp3) is 0.0968. The molecule has 2 aliphatic carbocycles. The third kappa shape index (κ3) is 7.70. The standard InChI is InChI=1S/C31H25N.C16H11Br.C15H15N/c1-31(2)28-16-7-6-12-25(28)27-20-22(18-19-29(27)31)32-30-17-9-14-24-23(13-8-15-26(24)30)21-10-4-3-5-11-21;17-16-11-5-9-14-13(8-4-10-15(14)16)12-6-2-1-3-7-12;1-15(2)13-6-4-3-5-11(13)12-9-10(16)7-8-14(12)15/h3-20,32H,1-2H3;1-11H;3-9H,16H2,1-2H3. The second-order valence-corrected chi connectivity index (χ2v) is 19.0. The van der Waals surface area contributed by atoms with E-state index in [1.165, 1.54) is 88.3 Å². The molecule has 0 fully saturated rings. The lowest BCUT2D eigenvalue weighted by atomic mass is 9.82. The Kier molecular flexibility index (Phi) is 11.0. The van der Waals surface area contributed by atoms with Crippen LogP contribution in [0.4, 0.5) is 17.1 Å². The largest absolute Gasteiger partial charge is 0.399 e. The molecule has 0 aromatic heterocycles. The third-order valence-corrected chi connectivity index (χ3v) is 14.1. The van der Waals surface area contributed by atoms with Crippen molar-refractivity contribution >= 4 is 54.5 Å². The van der Waals surface area contributed by atoms with Gasteiger partial charge in [-0.05, 0) is 119 Å². The number of fused-ring (bicyclic) bond motifs is 8. The summed E-state index contributed by atoms with van der Waals surface area (Å²) in [6, 6.07) is 77.4. The van der Waals surface area contributed by atoms with E-state index in [0.717, 1.165) is 21.5 Å². The highest BCUT2D eigenvalue weighted by molar-refractivity contribution is 9.10. The molecule has 2 aliphatic rings. The molecule has 3 N–H and O–H groups in total. The minimum atomic E-state index is 0.0362. The molecule has 0 saturated carbocycles. The first kappa shape index (κ1) is 41.8. The molecular weight excluding hydrogens is 853 g/mol. The minimum absolute atomic E-state index is 0.0362. The van der Waals surface area contributed by atoms with E-state index in [2.05, 4.69) is 255 Å². The van der Waals surface area contributed by atoms with Crippen molar-refractivity contribution in [1.29, 1.82) is 0 Å². The average Bonchev–Trinajstić information content (AvgIpc) is 3.71. The van der Waals surface area contributed by atoms with Crippen LogP contribution in [0.15, 0.2) is 223 Å². The smallest absolute Gasteiger partial charge is 0.0464 e. The Labute approximate surface area is 391 Å². The Balaban J connectivity index is 0.000000127. The molecule has 316 valence electrons. The summed E-state index contributed by atoms with van der Waals surface area (Å²) in [4.78, 5) is 0. The van der Waals surface area contributed by atoms with Gasteiger partial charge >= 0.3 is 0 Å². The van der Waals surface area contributed by atoms with Gasteiger partial charge in [0, 0.05) is 37.8 Å². The highest BCUT2D eigenvalue weighted by atomic mass is 79.9. The Morgan fingerprint density at radius 3 is 1.38 bits per heavy atom. The Hall–Kier alpha value is -7.20. The number of halogens is 1. The number of hydrogen-bond acceptors (Lipinski definition) is 2. The molecule has 0 unspecified atom stereocenters. The minimum Gasteiger partial charge on any atom is -0.399 e. The Morgan fingerprint density at radius 2 is 0.785 bits per heavy atom. The van der Waals surface area contributed by atoms with Crippen LogP contribution < -0.4 is 11.1 Å². The summed E-state index contributed by atoms with van der Waals surface area (Å²) in [5.41, 5.74) is 25.0. The van der Waals surface area contributed by atoms with Crippen molar-refractivity contribution in [3.8, 4) is 44.5 Å². The van der Waals surface area contributed by atoms with Gasteiger partial charge in [-0.2, -0.15) is 0 Å². The first-order valence-electron chi connectivity index (χ1n) is 22.4. The van der Waals surface area contributed by atoms with Gasteiger partial charge in [-0.25, -0.2) is 0 Å². The fourth-order valence-electron chi connectivity index (χ4n) is 10.1. The van der Waals surface area contributed by atoms with Gasteiger partial charge in [-0.15, -0.1) is 0 Å². The van der Waals surface area contributed by atoms with Gasteiger partial charge in [0.25, 0.3) is 0 Å². The number of hydrogen-bond donors (Lipinski definition) is 2. The third-order valence-electron chi connectivity index (χ3n) is 13.4. The topological polar surface area (TPSA) is 38.0 Å². The van der Waals surface area contributed by atoms with Crippen LogP contribution in [0.1, 0.15) is 49.9 Å². The van der Waals surface area contributed by atoms with Crippen molar-refractivity contribution in [3.63, 3.8) is 0 Å². The summed E-state index contributed by atoms with van der Waals surface area (Å²) in [6.45, 7) is 9.18. The molecule has 0 radical (unpaired) electrons. The predicted octanol–water partition coefficient (Wildman–Crippen LogP) is 17.4. The van der Waals surface area contributed by atoms with Crippen LogP contribution in [0, 0.1) is 0 Å². The maximum atomic E-state index is 5.88. The van der Waals surface area contributed by atoms with Gasteiger partial charge in [-0.3, -0.25) is 0 Å². The monoisotopic (exact) mass is 902 g/mol. The molecule has 0 bridgehead atoms. The van der Waals surface area contributed by atoms with Crippen LogP contribution in [0.5, 0.6) is 0 Å². The maximum absolute atomic E-state index is 5.88. The van der Waals surface area contributed by atoms with E-state index < -0.39 is 0 Å². The van der Waals surface area contributed by atoms with E-state index in [0.29, 0.717) is 0 Å². The van der Waals surface area contributed by atoms with Gasteiger partial charge in [0.1, 0.15) is 0 Å². The van der Waals surface area contributed by atoms with E-state index in [-0.39, 0.29) is 10.8 Å². The summed E-state index contributed by atoms with van der Waals surface area (Å²) in [6.07, 6.45) is 0. The maximum Gasteiger partial charge on any atom is 0.0464 e. The lowest BCUT2D eigenvalue weighted by Gasteiger charge is -2.21. The lowest BCUT2D eigenvalue weighted by Crippen LogP contribution is -2.14. The van der Waals surface area contributed by atoms with Gasteiger partial charge in [-0.1, -0.05) is 226 Å². The Morgan fingerprint density at radius 1 is 0.354 bits per heavy atom. The van der Waals surface area contributed by atoms with Crippen molar-refractivity contribution in [2.75, 3.05) is 11.1 Å². The second kappa shape index (κ2) is 17.1. The molecule has 0 amide bonds. The highest BCUT2D eigenvalue weighted by Gasteiger charge is 2.36. The van der Waals surface area contributed by atoms with Crippen LogP contribution >= 0.6 is 15.9 Å². The molecule has 0 saturated heterocycles. The molecule has 12 rings (SSSR count). The first-order valence-corrected chi connectivity index (χ1v) is 23.2. The normalized spacial score (nSPS) is 13.3. The zero-order valence-electron chi connectivity index (χ0n) is 37.2. The van der Waals surface area contributed by atoms with Gasteiger partial charge in [0.2, 0.25) is 0 Å². The van der Waals surface area contributed by atoms with Crippen molar-refractivity contribution < 1.29 is 0 Å². The Bertz CT molecular complexity index is 3370. The van der Waals surface area contributed by atoms with Crippen LogP contribution in [-0.4, -0.2) is 0 Å². The number of anilines is 3. The molecular formula is C62H51BrN2. The van der Waals surface area contributed by atoms with Gasteiger partial charge in [0.05, 0.1) is 0 Å². The number of benzene rings is 10. The molecule has 10 aromatic rings. The van der Waals surface area contributed by atoms with Crippen LogP contribution in [0.3, 0.4) is 0 Å².